The van der Waals surface area contributed by atoms with Crippen LogP contribution in [0.5, 0.6) is 0 Å². The molecule has 0 bridgehead atoms. The Morgan fingerprint density at radius 2 is 1.89 bits per heavy atom. The molecule has 0 amide bonds. The summed E-state index contributed by atoms with van der Waals surface area (Å²) in [6.07, 6.45) is -2.99. The minimum atomic E-state index is -4.53. The molecule has 9 heteroatoms. The smallest absolute Gasteiger partial charge is 0.345 e. The molecule has 140 valence electrons. The van der Waals surface area contributed by atoms with Crippen molar-refractivity contribution < 1.29 is 13.2 Å². The maximum absolute atomic E-state index is 12.7. The molecule has 1 saturated heterocycles. The lowest BCUT2D eigenvalue weighted by Crippen LogP contribution is -2.31. The highest BCUT2D eigenvalue weighted by molar-refractivity contribution is 5.77. The fourth-order valence-electron chi connectivity index (χ4n) is 3.47. The van der Waals surface area contributed by atoms with E-state index in [1.807, 2.05) is 11.0 Å². The zero-order valence-corrected chi connectivity index (χ0v) is 14.4. The molecule has 6 nitrogen and oxygen atoms in total. The number of benzene rings is 1. The van der Waals surface area contributed by atoms with Gasteiger partial charge in [0, 0.05) is 13.6 Å². The van der Waals surface area contributed by atoms with Crippen molar-refractivity contribution >= 4 is 16.7 Å². The molecule has 1 fully saturated rings. The van der Waals surface area contributed by atoms with Crippen molar-refractivity contribution in [3.8, 4) is 0 Å². The first-order chi connectivity index (χ1) is 12.9. The number of hydrogen-bond donors (Lipinski definition) is 0. The van der Waals surface area contributed by atoms with Gasteiger partial charge < -0.3 is 4.90 Å². The SMILES string of the molecule is Cn1c(C2CCCN2c2ccc(C(F)(F)F)nn2)nc2ccccc2c1=O. The van der Waals surface area contributed by atoms with E-state index in [-0.39, 0.29) is 11.6 Å². The Balaban J connectivity index is 1.75. The molecule has 3 heterocycles. The van der Waals surface area contributed by atoms with E-state index in [1.165, 1.54) is 10.6 Å². The van der Waals surface area contributed by atoms with Crippen LogP contribution in [0.15, 0.2) is 41.2 Å². The average Bonchev–Trinajstić information content (AvgIpc) is 3.13. The lowest BCUT2D eigenvalue weighted by molar-refractivity contribution is -0.141. The Hall–Kier alpha value is -2.97. The monoisotopic (exact) mass is 375 g/mol. The summed E-state index contributed by atoms with van der Waals surface area (Å²) in [6, 6.07) is 9.08. The Kier molecular flexibility index (Phi) is 4.09. The van der Waals surface area contributed by atoms with Gasteiger partial charge in [-0.1, -0.05) is 12.1 Å². The molecule has 1 aliphatic rings. The van der Waals surface area contributed by atoms with Crippen LogP contribution in [-0.2, 0) is 13.2 Å². The van der Waals surface area contributed by atoms with Gasteiger partial charge in [0.15, 0.2) is 11.5 Å². The van der Waals surface area contributed by atoms with E-state index in [1.54, 1.807) is 25.2 Å². The predicted molar refractivity (Wildman–Crippen MR) is 93.3 cm³/mol. The van der Waals surface area contributed by atoms with Gasteiger partial charge in [-0.05, 0) is 37.1 Å². The molecule has 1 atom stereocenters. The van der Waals surface area contributed by atoms with Gasteiger partial charge in [0.05, 0.1) is 16.9 Å². The van der Waals surface area contributed by atoms with Crippen molar-refractivity contribution in [2.75, 3.05) is 11.4 Å². The first-order valence-electron chi connectivity index (χ1n) is 8.49. The third-order valence-electron chi connectivity index (χ3n) is 4.80. The van der Waals surface area contributed by atoms with Crippen LogP contribution in [0.1, 0.15) is 30.4 Å². The Morgan fingerprint density at radius 1 is 1.11 bits per heavy atom. The minimum Gasteiger partial charge on any atom is -0.345 e. The molecule has 0 aliphatic carbocycles. The third-order valence-corrected chi connectivity index (χ3v) is 4.80. The molecule has 27 heavy (non-hydrogen) atoms. The molecule has 0 saturated carbocycles. The number of rotatable bonds is 2. The molecule has 0 radical (unpaired) electrons. The van der Waals surface area contributed by atoms with Crippen molar-refractivity contribution in [2.24, 2.45) is 7.05 Å². The van der Waals surface area contributed by atoms with Crippen LogP contribution in [0.25, 0.3) is 10.9 Å². The summed E-state index contributed by atoms with van der Waals surface area (Å²) in [6.45, 7) is 0.605. The van der Waals surface area contributed by atoms with Crippen LogP contribution in [-0.4, -0.2) is 26.3 Å². The topological polar surface area (TPSA) is 63.9 Å². The molecular formula is C18H16F3N5O. The predicted octanol–water partition coefficient (Wildman–Crippen LogP) is 3.08. The molecule has 0 N–H and O–H groups in total. The molecule has 1 unspecified atom stereocenters. The van der Waals surface area contributed by atoms with Crippen molar-refractivity contribution in [3.05, 3.63) is 58.3 Å². The normalized spacial score (nSPS) is 17.6. The van der Waals surface area contributed by atoms with Gasteiger partial charge in [-0.2, -0.15) is 13.2 Å². The van der Waals surface area contributed by atoms with Crippen LogP contribution in [0.2, 0.25) is 0 Å². The number of anilines is 1. The molecule has 1 aliphatic heterocycles. The zero-order valence-electron chi connectivity index (χ0n) is 14.4. The summed E-state index contributed by atoms with van der Waals surface area (Å²) in [4.78, 5) is 19.1. The number of nitrogens with zero attached hydrogens (tertiary/aromatic N) is 5. The van der Waals surface area contributed by atoms with Crippen molar-refractivity contribution in [3.63, 3.8) is 0 Å². The highest BCUT2D eigenvalue weighted by Gasteiger charge is 2.35. The highest BCUT2D eigenvalue weighted by Crippen LogP contribution is 2.35. The number of aromatic nitrogens is 4. The summed E-state index contributed by atoms with van der Waals surface area (Å²) < 4.78 is 39.7. The largest absolute Gasteiger partial charge is 0.435 e. The van der Waals surface area contributed by atoms with E-state index < -0.39 is 11.9 Å². The average molecular weight is 375 g/mol. The third kappa shape index (κ3) is 3.02. The van der Waals surface area contributed by atoms with E-state index in [0.29, 0.717) is 29.1 Å². The maximum Gasteiger partial charge on any atom is 0.435 e. The molecule has 3 aromatic rings. The summed E-state index contributed by atoms with van der Waals surface area (Å²) in [5.41, 5.74) is -0.583. The van der Waals surface area contributed by atoms with Crippen LogP contribution < -0.4 is 10.5 Å². The van der Waals surface area contributed by atoms with Gasteiger partial charge in [0.25, 0.3) is 5.56 Å². The lowest BCUT2D eigenvalue weighted by atomic mass is 10.1. The minimum absolute atomic E-state index is 0.152. The number of hydrogen-bond acceptors (Lipinski definition) is 5. The quantitative estimate of drug-likeness (QED) is 0.689. The van der Waals surface area contributed by atoms with Crippen molar-refractivity contribution in [1.29, 1.82) is 0 Å². The Morgan fingerprint density at radius 3 is 2.59 bits per heavy atom. The first kappa shape index (κ1) is 17.4. The maximum atomic E-state index is 12.7. The van der Waals surface area contributed by atoms with E-state index >= 15 is 0 Å². The summed E-state index contributed by atoms with van der Waals surface area (Å²) in [5, 5.41) is 7.60. The van der Waals surface area contributed by atoms with Crippen LogP contribution in [0.4, 0.5) is 19.0 Å². The van der Waals surface area contributed by atoms with Crippen molar-refractivity contribution in [2.45, 2.75) is 25.1 Å². The van der Waals surface area contributed by atoms with Crippen molar-refractivity contribution in [1.82, 2.24) is 19.7 Å². The van der Waals surface area contributed by atoms with Crippen LogP contribution in [0.3, 0.4) is 0 Å². The van der Waals surface area contributed by atoms with Gasteiger partial charge in [0.1, 0.15) is 5.82 Å². The highest BCUT2D eigenvalue weighted by atomic mass is 19.4. The molecule has 1 aromatic carbocycles. The second-order valence-electron chi connectivity index (χ2n) is 6.48. The number of alkyl halides is 3. The number of halogens is 3. The molecule has 0 spiro atoms. The first-order valence-corrected chi connectivity index (χ1v) is 8.49. The van der Waals surface area contributed by atoms with Gasteiger partial charge in [0.2, 0.25) is 0 Å². The number of fused-ring (bicyclic) bond motifs is 1. The summed E-state index contributed by atoms with van der Waals surface area (Å²) in [5.74, 6) is 0.908. The Labute approximate surface area is 152 Å². The Bertz CT molecular complexity index is 1050. The second kappa shape index (κ2) is 6.33. The number of para-hydroxylation sites is 1. The molecular weight excluding hydrogens is 359 g/mol. The van der Waals surface area contributed by atoms with Gasteiger partial charge in [-0.15, -0.1) is 10.2 Å². The van der Waals surface area contributed by atoms with Gasteiger partial charge >= 0.3 is 6.18 Å². The molecule has 4 rings (SSSR count). The fraction of sp³-hybridized carbons (Fsp3) is 0.333. The van der Waals surface area contributed by atoms with E-state index in [0.717, 1.165) is 18.9 Å². The van der Waals surface area contributed by atoms with E-state index in [4.69, 9.17) is 0 Å². The summed E-state index contributed by atoms with van der Waals surface area (Å²) in [7, 11) is 1.66. The standard InChI is InChI=1S/C18H16F3N5O/c1-25-16(22-12-6-3-2-5-11(12)17(25)27)13-7-4-10-26(13)15-9-8-14(23-24-15)18(19,20)21/h2-3,5-6,8-9,13H,4,7,10H2,1H3. The second-order valence-corrected chi connectivity index (χ2v) is 6.48. The van der Waals surface area contributed by atoms with Gasteiger partial charge in [-0.25, -0.2) is 4.98 Å². The van der Waals surface area contributed by atoms with Crippen LogP contribution in [0, 0.1) is 0 Å². The zero-order chi connectivity index (χ0) is 19.2. The van der Waals surface area contributed by atoms with Crippen LogP contribution >= 0.6 is 0 Å². The fourth-order valence-corrected chi connectivity index (χ4v) is 3.47. The molecule has 2 aromatic heterocycles. The summed E-state index contributed by atoms with van der Waals surface area (Å²) >= 11 is 0. The van der Waals surface area contributed by atoms with E-state index in [2.05, 4.69) is 15.2 Å². The van der Waals surface area contributed by atoms with E-state index in [9.17, 15) is 18.0 Å². The van der Waals surface area contributed by atoms with Gasteiger partial charge in [-0.3, -0.25) is 9.36 Å². The lowest BCUT2D eigenvalue weighted by Gasteiger charge is -2.26.